The maximum Gasteiger partial charge on any atom is 0.240 e. The van der Waals surface area contributed by atoms with Crippen LogP contribution in [0.1, 0.15) is 18.0 Å². The number of phenolic OH excluding ortho intramolecular Hbond substituents is 1. The number of nitrogens with zero attached hydrogens (tertiary/aromatic N) is 1. The molecule has 0 amide bonds. The van der Waals surface area contributed by atoms with E-state index < -0.39 is 12.5 Å². The van der Waals surface area contributed by atoms with Gasteiger partial charge in [-0.05, 0) is 12.1 Å². The zero-order chi connectivity index (χ0) is 14.5. The van der Waals surface area contributed by atoms with Crippen LogP contribution in [0.15, 0.2) is 18.2 Å². The summed E-state index contributed by atoms with van der Waals surface area (Å²) in [5.41, 5.74) is 0.456. The fourth-order valence-corrected chi connectivity index (χ4v) is 2.66. The van der Waals surface area contributed by atoms with Crippen molar-refractivity contribution in [2.75, 3.05) is 33.3 Å². The lowest BCUT2D eigenvalue weighted by Gasteiger charge is -2.35. The summed E-state index contributed by atoms with van der Waals surface area (Å²) in [4.78, 5) is 1.97. The van der Waals surface area contributed by atoms with Crippen molar-refractivity contribution in [2.45, 2.75) is 18.9 Å². The highest BCUT2D eigenvalue weighted by Gasteiger charge is 2.29. The highest BCUT2D eigenvalue weighted by Crippen LogP contribution is 2.39. The van der Waals surface area contributed by atoms with E-state index in [0.29, 0.717) is 24.4 Å². The Kier molecular flexibility index (Phi) is 5.14. The predicted molar refractivity (Wildman–Crippen MR) is 72.5 cm³/mol. The van der Waals surface area contributed by atoms with Gasteiger partial charge in [-0.15, -0.1) is 0 Å². The van der Waals surface area contributed by atoms with Gasteiger partial charge in [0.2, 0.25) is 6.43 Å². The summed E-state index contributed by atoms with van der Waals surface area (Å²) < 4.78 is 31.1. The van der Waals surface area contributed by atoms with E-state index in [1.165, 1.54) is 13.2 Å². The number of piperazine rings is 1. The Morgan fingerprint density at radius 3 is 2.65 bits per heavy atom. The summed E-state index contributed by atoms with van der Waals surface area (Å²) in [6.45, 7) is 2.87. The van der Waals surface area contributed by atoms with Crippen molar-refractivity contribution in [2.24, 2.45) is 0 Å². The van der Waals surface area contributed by atoms with Crippen LogP contribution in [-0.2, 0) is 0 Å². The Hall–Kier alpha value is -1.40. The molecule has 6 heteroatoms. The van der Waals surface area contributed by atoms with Crippen LogP contribution in [0, 0.1) is 0 Å². The summed E-state index contributed by atoms with van der Waals surface area (Å²) in [5.74, 6) is 0.461. The summed E-state index contributed by atoms with van der Waals surface area (Å²) >= 11 is 0. The highest BCUT2D eigenvalue weighted by molar-refractivity contribution is 5.46. The zero-order valence-corrected chi connectivity index (χ0v) is 11.5. The van der Waals surface area contributed by atoms with Gasteiger partial charge >= 0.3 is 0 Å². The minimum atomic E-state index is -2.43. The first kappa shape index (κ1) is 15.0. The number of nitrogens with one attached hydrogen (secondary N) is 1. The molecule has 2 rings (SSSR count). The number of hydrogen-bond acceptors (Lipinski definition) is 4. The molecule has 1 aromatic rings. The number of ether oxygens (including phenoxy) is 1. The Morgan fingerprint density at radius 1 is 1.35 bits per heavy atom. The molecule has 0 aliphatic carbocycles. The van der Waals surface area contributed by atoms with Crippen molar-refractivity contribution in [1.82, 2.24) is 10.2 Å². The zero-order valence-electron chi connectivity index (χ0n) is 11.5. The quantitative estimate of drug-likeness (QED) is 0.869. The molecule has 0 radical (unpaired) electrons. The summed E-state index contributed by atoms with van der Waals surface area (Å²) in [7, 11) is 1.48. The summed E-state index contributed by atoms with van der Waals surface area (Å²) in [6, 6.07) is 4.32. The number of benzene rings is 1. The largest absolute Gasteiger partial charge is 0.507 e. The third-order valence-corrected chi connectivity index (χ3v) is 3.59. The van der Waals surface area contributed by atoms with E-state index in [4.69, 9.17) is 4.74 Å². The standard InChI is InChI=1S/C14H20F2N2O2/c1-20-12-4-2-3-11(19)14(12)10(9-13(15)16)18-7-5-17-6-8-18/h2-4,10,13,17,19H,5-9H2,1H3/t10-/m0/s1. The van der Waals surface area contributed by atoms with E-state index in [1.807, 2.05) is 4.90 Å². The SMILES string of the molecule is COc1cccc(O)c1[C@H](CC(F)F)N1CCNCC1. The molecular weight excluding hydrogens is 266 g/mol. The molecule has 1 saturated heterocycles. The van der Waals surface area contributed by atoms with Crippen molar-refractivity contribution in [3.8, 4) is 11.5 Å². The summed E-state index contributed by atoms with van der Waals surface area (Å²) in [5, 5.41) is 13.3. The van der Waals surface area contributed by atoms with Crippen molar-refractivity contribution in [3.63, 3.8) is 0 Å². The summed E-state index contributed by atoms with van der Waals surface area (Å²) in [6.07, 6.45) is -2.74. The van der Waals surface area contributed by atoms with E-state index in [1.54, 1.807) is 12.1 Å². The average molecular weight is 286 g/mol. The second-order valence-electron chi connectivity index (χ2n) is 4.82. The minimum Gasteiger partial charge on any atom is -0.507 e. The first-order valence-corrected chi connectivity index (χ1v) is 6.72. The van der Waals surface area contributed by atoms with Gasteiger partial charge in [-0.2, -0.15) is 0 Å². The van der Waals surface area contributed by atoms with Gasteiger partial charge in [0.25, 0.3) is 0 Å². The molecule has 0 aromatic heterocycles. The van der Waals surface area contributed by atoms with E-state index in [-0.39, 0.29) is 12.2 Å². The molecule has 0 unspecified atom stereocenters. The first-order chi connectivity index (χ1) is 9.63. The van der Waals surface area contributed by atoms with Crippen LogP contribution in [0.4, 0.5) is 8.78 Å². The Labute approximate surface area is 117 Å². The molecule has 1 aromatic carbocycles. The average Bonchev–Trinajstić information content (AvgIpc) is 2.45. The van der Waals surface area contributed by atoms with Crippen molar-refractivity contribution in [3.05, 3.63) is 23.8 Å². The van der Waals surface area contributed by atoms with E-state index in [9.17, 15) is 13.9 Å². The van der Waals surface area contributed by atoms with Gasteiger partial charge in [-0.25, -0.2) is 8.78 Å². The Bertz CT molecular complexity index is 437. The molecule has 20 heavy (non-hydrogen) atoms. The van der Waals surface area contributed by atoms with Crippen LogP contribution in [0.25, 0.3) is 0 Å². The van der Waals surface area contributed by atoms with Crippen LogP contribution < -0.4 is 10.1 Å². The topological polar surface area (TPSA) is 44.7 Å². The maximum atomic E-state index is 12.9. The lowest BCUT2D eigenvalue weighted by Crippen LogP contribution is -2.45. The lowest BCUT2D eigenvalue weighted by molar-refractivity contribution is 0.0719. The van der Waals surface area contributed by atoms with E-state index in [2.05, 4.69) is 5.32 Å². The second kappa shape index (κ2) is 6.85. The fraction of sp³-hybridized carbons (Fsp3) is 0.571. The number of methoxy groups -OCH3 is 1. The predicted octanol–water partition coefficient (Wildman–Crippen LogP) is 2.00. The van der Waals surface area contributed by atoms with Gasteiger partial charge in [0.1, 0.15) is 11.5 Å². The molecule has 1 aliphatic rings. The van der Waals surface area contributed by atoms with Crippen LogP contribution in [0.2, 0.25) is 0 Å². The highest BCUT2D eigenvalue weighted by atomic mass is 19.3. The Balaban J connectivity index is 2.34. The smallest absolute Gasteiger partial charge is 0.240 e. The third-order valence-electron chi connectivity index (χ3n) is 3.59. The second-order valence-corrected chi connectivity index (χ2v) is 4.82. The molecule has 1 fully saturated rings. The number of phenols is 1. The van der Waals surface area contributed by atoms with Crippen LogP contribution in [0.5, 0.6) is 11.5 Å². The molecule has 0 saturated carbocycles. The molecule has 1 heterocycles. The van der Waals surface area contributed by atoms with Crippen LogP contribution >= 0.6 is 0 Å². The molecule has 1 atom stereocenters. The normalized spacial score (nSPS) is 18.2. The first-order valence-electron chi connectivity index (χ1n) is 6.72. The Morgan fingerprint density at radius 2 is 2.05 bits per heavy atom. The van der Waals surface area contributed by atoms with Crippen molar-refractivity contribution >= 4 is 0 Å². The van der Waals surface area contributed by atoms with Crippen LogP contribution in [0.3, 0.4) is 0 Å². The fourth-order valence-electron chi connectivity index (χ4n) is 2.66. The van der Waals surface area contributed by atoms with Gasteiger partial charge in [0.05, 0.1) is 12.7 Å². The minimum absolute atomic E-state index is 0.00790. The van der Waals surface area contributed by atoms with Gasteiger partial charge < -0.3 is 15.2 Å². The lowest BCUT2D eigenvalue weighted by atomic mass is 9.99. The molecule has 0 bridgehead atoms. The molecular formula is C14H20F2N2O2. The molecule has 2 N–H and O–H groups in total. The van der Waals surface area contributed by atoms with E-state index >= 15 is 0 Å². The number of aromatic hydroxyl groups is 1. The third kappa shape index (κ3) is 3.37. The van der Waals surface area contributed by atoms with Gasteiger partial charge in [0, 0.05) is 38.6 Å². The molecule has 4 nitrogen and oxygen atoms in total. The van der Waals surface area contributed by atoms with E-state index in [0.717, 1.165) is 13.1 Å². The number of hydrogen-bond donors (Lipinski definition) is 2. The molecule has 112 valence electrons. The number of alkyl halides is 2. The van der Waals surface area contributed by atoms with Crippen LogP contribution in [-0.4, -0.2) is 49.7 Å². The van der Waals surface area contributed by atoms with Crippen molar-refractivity contribution < 1.29 is 18.6 Å². The van der Waals surface area contributed by atoms with Crippen molar-refractivity contribution in [1.29, 1.82) is 0 Å². The maximum absolute atomic E-state index is 12.9. The van der Waals surface area contributed by atoms with Gasteiger partial charge in [0.15, 0.2) is 0 Å². The molecule has 0 spiro atoms. The number of rotatable bonds is 5. The van der Waals surface area contributed by atoms with Gasteiger partial charge in [-0.3, -0.25) is 4.90 Å². The van der Waals surface area contributed by atoms with Gasteiger partial charge in [-0.1, -0.05) is 6.07 Å². The number of halogens is 2. The molecule has 1 aliphatic heterocycles. The monoisotopic (exact) mass is 286 g/mol.